The van der Waals surface area contributed by atoms with Gasteiger partial charge < -0.3 is 15.0 Å². The van der Waals surface area contributed by atoms with Gasteiger partial charge in [0.1, 0.15) is 17.4 Å². The lowest BCUT2D eigenvalue weighted by Crippen LogP contribution is -2.44. The zero-order chi connectivity index (χ0) is 24.7. The summed E-state index contributed by atoms with van der Waals surface area (Å²) in [6.07, 6.45) is 0. The van der Waals surface area contributed by atoms with Crippen LogP contribution in [0.15, 0.2) is 59.4 Å². The number of para-hydroxylation sites is 1. The Morgan fingerprint density at radius 1 is 0.886 bits per heavy atom. The maximum absolute atomic E-state index is 15.6. The van der Waals surface area contributed by atoms with E-state index in [-0.39, 0.29) is 16.7 Å². The van der Waals surface area contributed by atoms with Gasteiger partial charge in [0.05, 0.1) is 24.0 Å². The summed E-state index contributed by atoms with van der Waals surface area (Å²) in [6.45, 7) is 6.85. The quantitative estimate of drug-likeness (QED) is 0.453. The first kappa shape index (κ1) is 23.1. The Morgan fingerprint density at radius 2 is 1.57 bits per heavy atom. The lowest BCUT2D eigenvalue weighted by Gasteiger charge is -2.31. The molecule has 1 saturated heterocycles. The van der Waals surface area contributed by atoms with Crippen molar-refractivity contribution in [1.82, 2.24) is 9.88 Å². The summed E-state index contributed by atoms with van der Waals surface area (Å²) in [5, 5.41) is 3.92. The summed E-state index contributed by atoms with van der Waals surface area (Å²) in [7, 11) is 1.45. The predicted molar refractivity (Wildman–Crippen MR) is 136 cm³/mol. The van der Waals surface area contributed by atoms with Crippen LogP contribution in [0, 0.1) is 25.5 Å². The molecule has 4 aromatic rings. The number of aryl methyl sites for hydroxylation is 2. The number of methoxy groups -OCH3 is 1. The van der Waals surface area contributed by atoms with Crippen molar-refractivity contribution >= 4 is 16.6 Å². The summed E-state index contributed by atoms with van der Waals surface area (Å²) in [5.41, 5.74) is 3.81. The predicted octanol–water partition coefficient (Wildman–Crippen LogP) is 4.97. The van der Waals surface area contributed by atoms with E-state index in [1.165, 1.54) is 25.3 Å². The molecule has 35 heavy (non-hydrogen) atoms. The minimum Gasteiger partial charge on any atom is -0.497 e. The molecule has 7 heteroatoms. The third kappa shape index (κ3) is 4.06. The Kier molecular flexibility index (Phi) is 6.03. The number of halogens is 2. The van der Waals surface area contributed by atoms with Crippen LogP contribution in [0.2, 0.25) is 0 Å². The van der Waals surface area contributed by atoms with Crippen LogP contribution in [0.5, 0.6) is 5.75 Å². The van der Waals surface area contributed by atoms with Crippen LogP contribution in [-0.2, 0) is 0 Å². The largest absolute Gasteiger partial charge is 0.497 e. The van der Waals surface area contributed by atoms with Gasteiger partial charge in [-0.1, -0.05) is 18.2 Å². The van der Waals surface area contributed by atoms with Crippen molar-refractivity contribution in [3.63, 3.8) is 0 Å². The third-order valence-corrected chi connectivity index (χ3v) is 6.67. The van der Waals surface area contributed by atoms with Crippen LogP contribution in [-0.4, -0.2) is 37.9 Å². The van der Waals surface area contributed by atoms with Crippen molar-refractivity contribution in [3.8, 4) is 22.6 Å². The molecule has 0 aliphatic carbocycles. The molecule has 0 radical (unpaired) electrons. The molecule has 5 rings (SSSR count). The molecule has 1 N–H and O–H groups in total. The third-order valence-electron chi connectivity index (χ3n) is 6.67. The van der Waals surface area contributed by atoms with Crippen LogP contribution in [0.3, 0.4) is 0 Å². The summed E-state index contributed by atoms with van der Waals surface area (Å²) >= 11 is 0. The molecule has 0 amide bonds. The molecule has 1 fully saturated rings. The van der Waals surface area contributed by atoms with Crippen LogP contribution < -0.4 is 20.5 Å². The Bertz CT molecular complexity index is 1470. The van der Waals surface area contributed by atoms with Crippen LogP contribution in [0.1, 0.15) is 11.1 Å². The van der Waals surface area contributed by atoms with Crippen LogP contribution in [0.25, 0.3) is 27.7 Å². The van der Waals surface area contributed by atoms with E-state index in [0.717, 1.165) is 29.9 Å². The molecule has 1 aliphatic heterocycles. The number of pyridine rings is 1. The van der Waals surface area contributed by atoms with E-state index < -0.39 is 11.6 Å². The number of hydrogen-bond donors (Lipinski definition) is 1. The highest BCUT2D eigenvalue weighted by molar-refractivity contribution is 5.96. The van der Waals surface area contributed by atoms with Gasteiger partial charge in [0, 0.05) is 54.8 Å². The first-order chi connectivity index (χ1) is 16.9. The Labute approximate surface area is 202 Å². The number of anilines is 1. The highest BCUT2D eigenvalue weighted by Crippen LogP contribution is 2.36. The topological polar surface area (TPSA) is 46.5 Å². The fourth-order valence-corrected chi connectivity index (χ4v) is 4.93. The minimum absolute atomic E-state index is 0.0921. The number of nitrogens with zero attached hydrogens (tertiary/aromatic N) is 2. The van der Waals surface area contributed by atoms with E-state index in [4.69, 9.17) is 4.74 Å². The molecule has 3 aromatic carbocycles. The first-order valence-electron chi connectivity index (χ1n) is 11.6. The fourth-order valence-electron chi connectivity index (χ4n) is 4.93. The maximum atomic E-state index is 15.6. The summed E-state index contributed by atoms with van der Waals surface area (Å²) in [6, 6.07) is 14.8. The monoisotopic (exact) mass is 475 g/mol. The van der Waals surface area contributed by atoms with Gasteiger partial charge in [-0.25, -0.2) is 8.78 Å². The smallest absolute Gasteiger partial charge is 0.257 e. The average Bonchev–Trinajstić information content (AvgIpc) is 2.85. The average molecular weight is 476 g/mol. The van der Waals surface area contributed by atoms with Gasteiger partial charge in [-0.15, -0.1) is 0 Å². The second kappa shape index (κ2) is 9.15. The molecule has 1 aliphatic rings. The van der Waals surface area contributed by atoms with Crippen molar-refractivity contribution in [3.05, 3.63) is 87.7 Å². The highest BCUT2D eigenvalue weighted by atomic mass is 19.1. The number of fused-ring (bicyclic) bond motifs is 1. The van der Waals surface area contributed by atoms with E-state index in [2.05, 4.69) is 10.2 Å². The van der Waals surface area contributed by atoms with Gasteiger partial charge in [0.2, 0.25) is 0 Å². The lowest BCUT2D eigenvalue weighted by atomic mass is 10.00. The second-order valence-electron chi connectivity index (χ2n) is 8.88. The summed E-state index contributed by atoms with van der Waals surface area (Å²) in [4.78, 5) is 15.7. The molecule has 180 valence electrons. The van der Waals surface area contributed by atoms with Gasteiger partial charge in [0.15, 0.2) is 0 Å². The van der Waals surface area contributed by atoms with E-state index in [0.29, 0.717) is 35.4 Å². The Balaban J connectivity index is 1.85. The number of benzene rings is 3. The minimum atomic E-state index is -0.596. The highest BCUT2D eigenvalue weighted by Gasteiger charge is 2.22. The lowest BCUT2D eigenvalue weighted by molar-refractivity contribution is 0.411. The first-order valence-corrected chi connectivity index (χ1v) is 11.6. The normalized spacial score (nSPS) is 13.9. The molecule has 0 saturated carbocycles. The van der Waals surface area contributed by atoms with E-state index >= 15 is 4.39 Å². The number of piperazine rings is 1. The number of hydrogen-bond acceptors (Lipinski definition) is 4. The van der Waals surface area contributed by atoms with Gasteiger partial charge in [0.25, 0.3) is 5.56 Å². The van der Waals surface area contributed by atoms with Gasteiger partial charge in [-0.2, -0.15) is 0 Å². The zero-order valence-electron chi connectivity index (χ0n) is 20.0. The molecular formula is C28H27F2N3O2. The van der Waals surface area contributed by atoms with Crippen molar-refractivity contribution in [2.75, 3.05) is 38.2 Å². The maximum Gasteiger partial charge on any atom is 0.257 e. The van der Waals surface area contributed by atoms with Crippen molar-refractivity contribution < 1.29 is 13.5 Å². The van der Waals surface area contributed by atoms with E-state index in [9.17, 15) is 9.18 Å². The molecular weight excluding hydrogens is 448 g/mol. The number of rotatable bonds is 4. The van der Waals surface area contributed by atoms with Gasteiger partial charge in [-0.05, 0) is 49.2 Å². The molecule has 5 nitrogen and oxygen atoms in total. The number of aromatic nitrogens is 1. The number of ether oxygens (including phenoxy) is 1. The zero-order valence-corrected chi connectivity index (χ0v) is 20.0. The molecule has 1 aromatic heterocycles. The Hall–Kier alpha value is -3.71. The second-order valence-corrected chi connectivity index (χ2v) is 8.88. The molecule has 0 spiro atoms. The standard InChI is InChI=1S/C28H27F2N3O2/c1-17-5-4-6-18(2)28(17)33-26-15-21(20-8-7-19(35-3)13-23(20)29)24(30)14-22(26)25(16-27(33)34)32-11-9-31-10-12-32/h4-8,13-16,31H,9-12H2,1-3H3. The SMILES string of the molecule is COc1ccc(-c2cc3c(cc2F)c(N2CCNCC2)cc(=O)n3-c2c(C)cccc2C)c(F)c1. The Morgan fingerprint density at radius 3 is 2.23 bits per heavy atom. The van der Waals surface area contributed by atoms with Crippen LogP contribution in [0.4, 0.5) is 14.5 Å². The molecule has 0 atom stereocenters. The van der Waals surface area contributed by atoms with Crippen molar-refractivity contribution in [1.29, 1.82) is 0 Å². The van der Waals surface area contributed by atoms with E-state index in [1.807, 2.05) is 32.0 Å². The van der Waals surface area contributed by atoms with Crippen molar-refractivity contribution in [2.24, 2.45) is 0 Å². The van der Waals surface area contributed by atoms with Crippen molar-refractivity contribution in [2.45, 2.75) is 13.8 Å². The molecule has 2 heterocycles. The van der Waals surface area contributed by atoms with Gasteiger partial charge in [-0.3, -0.25) is 9.36 Å². The fraction of sp³-hybridized carbons (Fsp3) is 0.250. The molecule has 0 bridgehead atoms. The van der Waals surface area contributed by atoms with Gasteiger partial charge >= 0.3 is 0 Å². The van der Waals surface area contributed by atoms with Crippen LogP contribution >= 0.6 is 0 Å². The summed E-state index contributed by atoms with van der Waals surface area (Å²) in [5.74, 6) is -0.799. The summed E-state index contributed by atoms with van der Waals surface area (Å²) < 4.78 is 37.3. The molecule has 0 unspecified atom stereocenters. The van der Waals surface area contributed by atoms with E-state index in [1.54, 1.807) is 22.8 Å². The number of nitrogens with one attached hydrogen (secondary N) is 1.